The molecule has 0 heterocycles. The van der Waals surface area contributed by atoms with E-state index >= 15 is 0 Å². The van der Waals surface area contributed by atoms with Crippen LogP contribution in [0.2, 0.25) is 0 Å². The summed E-state index contributed by atoms with van der Waals surface area (Å²) in [4.78, 5) is 23.0. The highest BCUT2D eigenvalue weighted by Crippen LogP contribution is 2.34. The lowest BCUT2D eigenvalue weighted by Crippen LogP contribution is -2.43. The van der Waals surface area contributed by atoms with Gasteiger partial charge in [-0.05, 0) is 50.4 Å². The number of carboxylic acid groups (broad SMARTS) is 1. The standard InChI is InChI=1S/C13H15Br3N2O3/c1-2-3-4-10(12(19)20)17-13(21)18-11-8(15)5-7(14)6-9(11)16/h5-6,10H,2-4H2,1H3,(H,19,20)(H2,17,18,21)/t10-/m0/s1. The van der Waals surface area contributed by atoms with Crippen molar-refractivity contribution in [3.63, 3.8) is 0 Å². The van der Waals surface area contributed by atoms with E-state index in [4.69, 9.17) is 5.11 Å². The number of carbonyl (C=O) groups is 2. The number of halogens is 3. The van der Waals surface area contributed by atoms with E-state index in [1.807, 2.05) is 6.92 Å². The van der Waals surface area contributed by atoms with Gasteiger partial charge < -0.3 is 15.7 Å². The zero-order valence-corrected chi connectivity index (χ0v) is 16.0. The van der Waals surface area contributed by atoms with Gasteiger partial charge in [0.25, 0.3) is 0 Å². The highest BCUT2D eigenvalue weighted by atomic mass is 79.9. The number of rotatable bonds is 6. The van der Waals surface area contributed by atoms with Crippen LogP contribution in [-0.4, -0.2) is 23.1 Å². The van der Waals surface area contributed by atoms with Gasteiger partial charge >= 0.3 is 12.0 Å². The molecule has 0 radical (unpaired) electrons. The van der Waals surface area contributed by atoms with Crippen LogP contribution in [0.5, 0.6) is 0 Å². The largest absolute Gasteiger partial charge is 0.480 e. The molecule has 21 heavy (non-hydrogen) atoms. The SMILES string of the molecule is CCCC[C@H](NC(=O)Nc1c(Br)cc(Br)cc1Br)C(=O)O. The second-order valence-corrected chi connectivity index (χ2v) is 7.00. The van der Waals surface area contributed by atoms with Gasteiger partial charge in [-0.25, -0.2) is 9.59 Å². The lowest BCUT2D eigenvalue weighted by atomic mass is 10.1. The highest BCUT2D eigenvalue weighted by Gasteiger charge is 2.20. The summed E-state index contributed by atoms with van der Waals surface area (Å²) in [6.07, 6.45) is 2.02. The van der Waals surface area contributed by atoms with E-state index in [9.17, 15) is 9.59 Å². The molecule has 0 saturated carbocycles. The molecule has 1 atom stereocenters. The number of hydrogen-bond acceptors (Lipinski definition) is 2. The summed E-state index contributed by atoms with van der Waals surface area (Å²) in [5, 5.41) is 14.2. The van der Waals surface area contributed by atoms with Crippen LogP contribution in [0.15, 0.2) is 25.6 Å². The average Bonchev–Trinajstić information content (AvgIpc) is 2.38. The Labute approximate surface area is 148 Å². The predicted octanol–water partition coefficient (Wildman–Crippen LogP) is 4.74. The van der Waals surface area contributed by atoms with Crippen molar-refractivity contribution in [3.8, 4) is 0 Å². The minimum Gasteiger partial charge on any atom is -0.480 e. The average molecular weight is 487 g/mol. The fourth-order valence-electron chi connectivity index (χ4n) is 1.64. The van der Waals surface area contributed by atoms with Gasteiger partial charge in [-0.15, -0.1) is 0 Å². The van der Waals surface area contributed by atoms with Crippen molar-refractivity contribution < 1.29 is 14.7 Å². The molecular weight excluding hydrogens is 472 g/mol. The van der Waals surface area contributed by atoms with E-state index in [2.05, 4.69) is 58.4 Å². The van der Waals surface area contributed by atoms with Crippen molar-refractivity contribution in [2.45, 2.75) is 32.2 Å². The fraction of sp³-hybridized carbons (Fsp3) is 0.385. The number of benzene rings is 1. The number of carbonyl (C=O) groups excluding carboxylic acids is 1. The molecule has 0 unspecified atom stereocenters. The lowest BCUT2D eigenvalue weighted by Gasteiger charge is -2.16. The topological polar surface area (TPSA) is 78.4 Å². The smallest absolute Gasteiger partial charge is 0.326 e. The molecular formula is C13H15Br3N2O3. The van der Waals surface area contributed by atoms with Gasteiger partial charge in [0.1, 0.15) is 6.04 Å². The van der Waals surface area contributed by atoms with E-state index < -0.39 is 18.0 Å². The Morgan fingerprint density at radius 2 is 1.81 bits per heavy atom. The molecule has 3 N–H and O–H groups in total. The maximum Gasteiger partial charge on any atom is 0.326 e. The molecule has 0 aliphatic heterocycles. The zero-order valence-electron chi connectivity index (χ0n) is 11.3. The van der Waals surface area contributed by atoms with Crippen LogP contribution >= 0.6 is 47.8 Å². The molecule has 8 heteroatoms. The van der Waals surface area contributed by atoms with Crippen molar-refractivity contribution in [2.75, 3.05) is 5.32 Å². The van der Waals surface area contributed by atoms with Crippen LogP contribution in [0.25, 0.3) is 0 Å². The zero-order chi connectivity index (χ0) is 16.0. The maximum atomic E-state index is 11.9. The first-order valence-electron chi connectivity index (χ1n) is 6.30. The van der Waals surface area contributed by atoms with Crippen LogP contribution in [0.1, 0.15) is 26.2 Å². The molecule has 1 rings (SSSR count). The Balaban J connectivity index is 2.74. The number of aliphatic carboxylic acids is 1. The van der Waals surface area contributed by atoms with Gasteiger partial charge in [-0.3, -0.25) is 0 Å². The van der Waals surface area contributed by atoms with Gasteiger partial charge in [-0.2, -0.15) is 0 Å². The molecule has 0 aromatic heterocycles. The molecule has 0 aliphatic rings. The molecule has 0 spiro atoms. The van der Waals surface area contributed by atoms with Crippen molar-refractivity contribution in [2.24, 2.45) is 0 Å². The number of nitrogens with one attached hydrogen (secondary N) is 2. The highest BCUT2D eigenvalue weighted by molar-refractivity contribution is 9.11. The second kappa shape index (κ2) is 8.75. The number of carboxylic acids is 1. The van der Waals surface area contributed by atoms with Crippen LogP contribution in [0, 0.1) is 0 Å². The monoisotopic (exact) mass is 484 g/mol. The molecule has 5 nitrogen and oxygen atoms in total. The summed E-state index contributed by atoms with van der Waals surface area (Å²) in [5.74, 6) is -1.03. The lowest BCUT2D eigenvalue weighted by molar-refractivity contribution is -0.139. The first kappa shape index (κ1) is 18.4. The molecule has 0 fully saturated rings. The first-order chi connectivity index (χ1) is 9.85. The maximum absolute atomic E-state index is 11.9. The van der Waals surface area contributed by atoms with E-state index in [-0.39, 0.29) is 0 Å². The van der Waals surface area contributed by atoms with Crippen molar-refractivity contribution in [1.82, 2.24) is 5.32 Å². The van der Waals surface area contributed by atoms with Gasteiger partial charge in [0.2, 0.25) is 0 Å². The third-order valence-electron chi connectivity index (χ3n) is 2.70. The summed E-state index contributed by atoms with van der Waals surface area (Å²) in [6, 6.07) is 2.12. The van der Waals surface area contributed by atoms with Crippen molar-refractivity contribution in [3.05, 3.63) is 25.6 Å². The normalized spacial score (nSPS) is 11.8. The third-order valence-corrected chi connectivity index (χ3v) is 4.40. The minimum absolute atomic E-state index is 0.405. The Morgan fingerprint density at radius 1 is 1.24 bits per heavy atom. The first-order valence-corrected chi connectivity index (χ1v) is 8.68. The van der Waals surface area contributed by atoms with Crippen molar-refractivity contribution in [1.29, 1.82) is 0 Å². The molecule has 0 aliphatic carbocycles. The Morgan fingerprint density at radius 3 is 2.29 bits per heavy atom. The van der Waals surface area contributed by atoms with Gasteiger partial charge in [0.15, 0.2) is 0 Å². The molecule has 2 amide bonds. The van der Waals surface area contributed by atoms with Gasteiger partial charge in [0, 0.05) is 13.4 Å². The summed E-state index contributed by atoms with van der Waals surface area (Å²) in [5.41, 5.74) is 0.537. The van der Waals surface area contributed by atoms with Gasteiger partial charge in [-0.1, -0.05) is 35.7 Å². The van der Waals surface area contributed by atoms with E-state index in [1.165, 1.54) is 0 Å². The molecule has 1 aromatic carbocycles. The summed E-state index contributed by atoms with van der Waals surface area (Å²) in [7, 11) is 0. The van der Waals surface area contributed by atoms with E-state index in [1.54, 1.807) is 12.1 Å². The molecule has 0 bridgehead atoms. The van der Waals surface area contributed by atoms with E-state index in [0.29, 0.717) is 21.1 Å². The number of unbranched alkanes of at least 4 members (excludes halogenated alkanes) is 1. The van der Waals surface area contributed by atoms with Crippen LogP contribution in [0.4, 0.5) is 10.5 Å². The fourth-order valence-corrected chi connectivity index (χ4v) is 4.09. The van der Waals surface area contributed by atoms with Crippen LogP contribution in [0.3, 0.4) is 0 Å². The summed E-state index contributed by atoms with van der Waals surface area (Å²) >= 11 is 10.0. The quantitative estimate of drug-likeness (QED) is 0.543. The molecule has 116 valence electrons. The second-order valence-electron chi connectivity index (χ2n) is 4.38. The number of hydrogen-bond donors (Lipinski definition) is 3. The number of amides is 2. The molecule has 1 aromatic rings. The third kappa shape index (κ3) is 5.96. The Bertz CT molecular complexity index is 514. The summed E-state index contributed by atoms with van der Waals surface area (Å²) < 4.78 is 2.21. The molecule has 0 saturated heterocycles. The van der Waals surface area contributed by atoms with E-state index in [0.717, 1.165) is 17.3 Å². The number of urea groups is 1. The van der Waals surface area contributed by atoms with Gasteiger partial charge in [0.05, 0.1) is 5.69 Å². The number of anilines is 1. The van der Waals surface area contributed by atoms with Crippen LogP contribution in [-0.2, 0) is 4.79 Å². The summed E-state index contributed by atoms with van der Waals surface area (Å²) in [6.45, 7) is 1.97. The van der Waals surface area contributed by atoms with Crippen molar-refractivity contribution >= 4 is 65.5 Å². The Kier molecular flexibility index (Phi) is 7.69. The van der Waals surface area contributed by atoms with Crippen LogP contribution < -0.4 is 10.6 Å². The Hall–Kier alpha value is -0.600. The predicted molar refractivity (Wildman–Crippen MR) is 92.6 cm³/mol. The minimum atomic E-state index is -1.03.